The zero-order chi connectivity index (χ0) is 26.3. The third kappa shape index (κ3) is 5.52. The van der Waals surface area contributed by atoms with E-state index in [0.29, 0.717) is 0 Å². The van der Waals surface area contributed by atoms with Gasteiger partial charge in [0.05, 0.1) is 0 Å². The molecule has 0 saturated heterocycles. The molecule has 0 radical (unpaired) electrons. The summed E-state index contributed by atoms with van der Waals surface area (Å²) in [4.78, 5) is 0. The normalized spacial score (nSPS) is 10.5. The molecule has 0 aliphatic carbocycles. The van der Waals surface area contributed by atoms with Crippen LogP contribution in [0.5, 0.6) is 11.5 Å². The first kappa shape index (κ1) is 24.8. The summed E-state index contributed by atoms with van der Waals surface area (Å²) in [6, 6.07) is 54.1. The van der Waals surface area contributed by atoms with Crippen LogP contribution in [0, 0.1) is 0 Å². The van der Waals surface area contributed by atoms with Gasteiger partial charge in [-0.05, 0) is 0 Å². The molecule has 39 heavy (non-hydrogen) atoms. The van der Waals surface area contributed by atoms with E-state index in [9.17, 15) is 0 Å². The molecule has 6 rings (SSSR count). The Bertz CT molecular complexity index is 1410. The molecule has 0 bridgehead atoms. The van der Waals surface area contributed by atoms with E-state index < -0.39 is 15.9 Å². The van der Waals surface area contributed by atoms with Gasteiger partial charge in [0.2, 0.25) is 0 Å². The molecule has 0 aliphatic heterocycles. The number of para-hydroxylation sites is 2. The minimum atomic E-state index is -0.869. The molecular formula is C36H26AlO2+. The van der Waals surface area contributed by atoms with Gasteiger partial charge in [0, 0.05) is 0 Å². The molecule has 184 valence electrons. The van der Waals surface area contributed by atoms with Crippen LogP contribution in [-0.4, -0.2) is 15.9 Å². The van der Waals surface area contributed by atoms with Crippen LogP contribution in [0.25, 0.3) is 44.5 Å². The fraction of sp³-hybridized carbons (Fsp3) is 0. The van der Waals surface area contributed by atoms with Crippen molar-refractivity contribution in [2.24, 2.45) is 0 Å². The van der Waals surface area contributed by atoms with Crippen molar-refractivity contribution in [3.8, 4) is 56.0 Å². The maximum absolute atomic E-state index is 6.62. The van der Waals surface area contributed by atoms with Gasteiger partial charge < -0.3 is 0 Å². The summed E-state index contributed by atoms with van der Waals surface area (Å²) < 4.78 is 13.2. The molecule has 0 saturated carbocycles. The Morgan fingerprint density at radius 3 is 0.795 bits per heavy atom. The van der Waals surface area contributed by atoms with Crippen molar-refractivity contribution in [2.75, 3.05) is 0 Å². The Hall–Kier alpha value is -4.55. The van der Waals surface area contributed by atoms with Crippen molar-refractivity contribution in [3.05, 3.63) is 158 Å². The molecule has 6 aromatic rings. The quantitative estimate of drug-likeness (QED) is 0.187. The van der Waals surface area contributed by atoms with E-state index in [1.54, 1.807) is 0 Å². The van der Waals surface area contributed by atoms with Gasteiger partial charge in [-0.15, -0.1) is 0 Å². The van der Waals surface area contributed by atoms with Crippen molar-refractivity contribution in [2.45, 2.75) is 0 Å². The molecule has 0 N–H and O–H groups in total. The van der Waals surface area contributed by atoms with Gasteiger partial charge in [-0.2, -0.15) is 0 Å². The van der Waals surface area contributed by atoms with Crippen molar-refractivity contribution >= 4 is 15.9 Å². The van der Waals surface area contributed by atoms with Crippen LogP contribution in [0.15, 0.2) is 158 Å². The van der Waals surface area contributed by atoms with E-state index in [0.717, 1.165) is 56.0 Å². The van der Waals surface area contributed by atoms with Crippen LogP contribution in [0.2, 0.25) is 0 Å². The average molecular weight is 518 g/mol. The van der Waals surface area contributed by atoms with Crippen molar-refractivity contribution < 1.29 is 7.58 Å². The molecular weight excluding hydrogens is 491 g/mol. The van der Waals surface area contributed by atoms with Crippen LogP contribution in [0.1, 0.15) is 0 Å². The fourth-order valence-electron chi connectivity index (χ4n) is 4.83. The summed E-state index contributed by atoms with van der Waals surface area (Å²) in [6.45, 7) is 0. The Morgan fingerprint density at radius 1 is 0.282 bits per heavy atom. The molecule has 0 aromatic heterocycles. The van der Waals surface area contributed by atoms with E-state index in [1.807, 2.05) is 24.3 Å². The first-order valence-electron chi connectivity index (χ1n) is 13.0. The molecule has 2 nitrogen and oxygen atoms in total. The van der Waals surface area contributed by atoms with Crippen LogP contribution < -0.4 is 7.58 Å². The standard InChI is InChI=1S/2C18H14O.Al/c2*19-18-16(14-8-3-1-4-9-14)12-7-13-17(18)15-10-5-2-6-11-15;/h2*1-13,19H;/q;;+3/p-2. The van der Waals surface area contributed by atoms with E-state index in [1.165, 1.54) is 0 Å². The first-order valence-corrected chi connectivity index (χ1v) is 14.0. The van der Waals surface area contributed by atoms with Gasteiger partial charge in [0.15, 0.2) is 0 Å². The summed E-state index contributed by atoms with van der Waals surface area (Å²) in [5.74, 6) is 1.67. The van der Waals surface area contributed by atoms with Gasteiger partial charge in [-0.3, -0.25) is 0 Å². The monoisotopic (exact) mass is 517 g/mol. The number of rotatable bonds is 8. The summed E-state index contributed by atoms with van der Waals surface area (Å²) in [7, 11) is 0. The van der Waals surface area contributed by atoms with Crippen LogP contribution in [-0.2, 0) is 0 Å². The molecule has 0 spiro atoms. The zero-order valence-electron chi connectivity index (χ0n) is 21.4. The van der Waals surface area contributed by atoms with E-state index in [-0.39, 0.29) is 0 Å². The Kier molecular flexibility index (Phi) is 7.55. The third-order valence-electron chi connectivity index (χ3n) is 6.70. The summed E-state index contributed by atoms with van der Waals surface area (Å²) in [5, 5.41) is 0. The molecule has 0 aliphatic rings. The van der Waals surface area contributed by atoms with Crippen LogP contribution in [0.3, 0.4) is 0 Å². The second-order valence-electron chi connectivity index (χ2n) is 9.16. The van der Waals surface area contributed by atoms with Crippen LogP contribution >= 0.6 is 0 Å². The molecule has 0 fully saturated rings. The SMILES string of the molecule is c1ccc(-c2cccc(-c3ccccc3)c2[O][Al+][O]c2c(-c3ccccc3)cccc2-c2ccccc2)cc1. The van der Waals surface area contributed by atoms with Crippen molar-refractivity contribution in [3.63, 3.8) is 0 Å². The van der Waals surface area contributed by atoms with Gasteiger partial charge in [-0.1, -0.05) is 0 Å². The van der Waals surface area contributed by atoms with Crippen molar-refractivity contribution in [1.82, 2.24) is 0 Å². The zero-order valence-corrected chi connectivity index (χ0v) is 22.6. The number of benzene rings is 6. The fourth-order valence-corrected chi connectivity index (χ4v) is 5.58. The first-order chi connectivity index (χ1) is 19.4. The van der Waals surface area contributed by atoms with Crippen LogP contribution in [0.4, 0.5) is 0 Å². The molecule has 0 heterocycles. The molecule has 3 heteroatoms. The Morgan fingerprint density at radius 2 is 0.538 bits per heavy atom. The predicted molar refractivity (Wildman–Crippen MR) is 162 cm³/mol. The average Bonchev–Trinajstić information content (AvgIpc) is 3.03. The number of hydrogen-bond acceptors (Lipinski definition) is 2. The van der Waals surface area contributed by atoms with E-state index in [2.05, 4.69) is 133 Å². The van der Waals surface area contributed by atoms with E-state index >= 15 is 0 Å². The molecule has 0 unspecified atom stereocenters. The second-order valence-corrected chi connectivity index (χ2v) is 9.82. The summed E-state index contributed by atoms with van der Waals surface area (Å²) in [6.07, 6.45) is 0. The van der Waals surface area contributed by atoms with Gasteiger partial charge in [-0.25, -0.2) is 0 Å². The van der Waals surface area contributed by atoms with Gasteiger partial charge in [0.25, 0.3) is 0 Å². The summed E-state index contributed by atoms with van der Waals surface area (Å²) in [5.41, 5.74) is 8.64. The number of hydrogen-bond donors (Lipinski definition) is 0. The summed E-state index contributed by atoms with van der Waals surface area (Å²) >= 11 is -0.869. The Labute approximate surface area is 236 Å². The topological polar surface area (TPSA) is 18.5 Å². The van der Waals surface area contributed by atoms with Crippen molar-refractivity contribution in [1.29, 1.82) is 0 Å². The van der Waals surface area contributed by atoms with E-state index in [4.69, 9.17) is 7.58 Å². The molecule has 0 atom stereocenters. The molecule has 6 aromatic carbocycles. The third-order valence-corrected chi connectivity index (χ3v) is 7.37. The van der Waals surface area contributed by atoms with Gasteiger partial charge >= 0.3 is 237 Å². The maximum atomic E-state index is 6.62. The van der Waals surface area contributed by atoms with Gasteiger partial charge in [0.1, 0.15) is 0 Å². The predicted octanol–water partition coefficient (Wildman–Crippen LogP) is 9.35. The second kappa shape index (κ2) is 11.9. The Balaban J connectivity index is 1.40. The molecule has 0 amide bonds. The minimum absolute atomic E-state index is 0.836.